The molecule has 52 heavy (non-hydrogen) atoms. The number of fused-ring (bicyclic) bond motifs is 6. The molecule has 0 fully saturated rings. The van der Waals surface area contributed by atoms with Crippen LogP contribution in [0.1, 0.15) is 102 Å². The first-order valence-electron chi connectivity index (χ1n) is 19.9. The van der Waals surface area contributed by atoms with Gasteiger partial charge in [-0.2, -0.15) is 0 Å². The molecular weight excluding hydrogens is 633 g/mol. The maximum absolute atomic E-state index is 5.04. The van der Waals surface area contributed by atoms with Gasteiger partial charge in [-0.3, -0.25) is 0 Å². The summed E-state index contributed by atoms with van der Waals surface area (Å²) in [5.74, 6) is 0. The van der Waals surface area contributed by atoms with Crippen LogP contribution in [0, 0.1) is 0 Å². The van der Waals surface area contributed by atoms with Gasteiger partial charge in [0.25, 0.3) is 0 Å². The number of unbranched alkanes of at least 4 members (excludes halogenated alkanes) is 10. The largest absolute Gasteiger partial charge is 0.244 e. The molecule has 0 saturated heterocycles. The van der Waals surface area contributed by atoms with Crippen molar-refractivity contribution in [1.29, 1.82) is 0 Å². The van der Waals surface area contributed by atoms with Crippen LogP contribution in [0.3, 0.4) is 0 Å². The van der Waals surface area contributed by atoms with E-state index >= 15 is 0 Å². The molecule has 0 unspecified atom stereocenters. The second-order valence-electron chi connectivity index (χ2n) is 14.9. The van der Waals surface area contributed by atoms with Crippen LogP contribution in [0.2, 0.25) is 0 Å². The lowest BCUT2D eigenvalue weighted by Crippen LogP contribution is -1.98. The molecule has 0 spiro atoms. The number of benzene rings is 6. The Balaban J connectivity index is 1.27. The van der Waals surface area contributed by atoms with E-state index < -0.39 is 0 Å². The van der Waals surface area contributed by atoms with Gasteiger partial charge in [0.15, 0.2) is 0 Å². The van der Waals surface area contributed by atoms with Crippen LogP contribution in [0.25, 0.3) is 76.8 Å². The number of aromatic nitrogens is 4. The molecule has 0 N–H and O–H groups in total. The summed E-state index contributed by atoms with van der Waals surface area (Å²) >= 11 is 0. The minimum absolute atomic E-state index is 0.938. The van der Waals surface area contributed by atoms with Gasteiger partial charge in [0, 0.05) is 0 Å². The van der Waals surface area contributed by atoms with Crippen molar-refractivity contribution in [2.24, 2.45) is 0 Å². The van der Waals surface area contributed by atoms with Gasteiger partial charge in [-0.25, -0.2) is 19.9 Å². The molecule has 0 aliphatic heterocycles. The molecule has 262 valence electrons. The Hall–Kier alpha value is -4.96. The third-order valence-corrected chi connectivity index (χ3v) is 10.9. The summed E-state index contributed by atoms with van der Waals surface area (Å²) in [6.45, 7) is 4.59. The maximum Gasteiger partial charge on any atom is 0.0901 e. The van der Waals surface area contributed by atoms with Crippen LogP contribution in [0.5, 0.6) is 0 Å². The molecule has 0 atom stereocenters. The van der Waals surface area contributed by atoms with E-state index in [1.165, 1.54) is 121 Å². The molecule has 0 amide bonds. The van der Waals surface area contributed by atoms with Crippen molar-refractivity contribution in [3.63, 3.8) is 0 Å². The summed E-state index contributed by atoms with van der Waals surface area (Å²) in [5.41, 5.74) is 13.2. The monoisotopic (exact) mass is 682 g/mol. The molecule has 0 bridgehead atoms. The average Bonchev–Trinajstić information content (AvgIpc) is 3.16. The average molecular weight is 683 g/mol. The van der Waals surface area contributed by atoms with E-state index in [2.05, 4.69) is 86.6 Å². The number of para-hydroxylation sites is 4. The summed E-state index contributed by atoms with van der Waals surface area (Å²) in [5, 5.41) is 4.93. The molecule has 6 aromatic carbocycles. The summed E-state index contributed by atoms with van der Waals surface area (Å²) in [7, 11) is 0. The van der Waals surface area contributed by atoms with Crippen LogP contribution >= 0.6 is 0 Å². The van der Waals surface area contributed by atoms with E-state index in [9.17, 15) is 0 Å². The molecule has 0 radical (unpaired) electrons. The fourth-order valence-electron chi connectivity index (χ4n) is 8.04. The Labute approximate surface area is 307 Å². The van der Waals surface area contributed by atoms with Crippen molar-refractivity contribution in [3.05, 3.63) is 108 Å². The van der Waals surface area contributed by atoms with E-state index in [-0.39, 0.29) is 0 Å². The zero-order valence-corrected chi connectivity index (χ0v) is 30.9. The van der Waals surface area contributed by atoms with Crippen LogP contribution in [-0.4, -0.2) is 19.9 Å². The fraction of sp³-hybridized carbons (Fsp3) is 0.333. The van der Waals surface area contributed by atoms with Crippen LogP contribution in [0.4, 0.5) is 0 Å². The van der Waals surface area contributed by atoms with E-state index in [0.29, 0.717) is 0 Å². The van der Waals surface area contributed by atoms with Crippen molar-refractivity contribution in [2.75, 3.05) is 0 Å². The Morgan fingerprint density at radius 2 is 0.635 bits per heavy atom. The Morgan fingerprint density at radius 3 is 0.981 bits per heavy atom. The number of nitrogens with zero attached hydrogens (tertiary/aromatic N) is 4. The third kappa shape index (κ3) is 7.35. The molecule has 8 aromatic rings. The van der Waals surface area contributed by atoms with Crippen LogP contribution < -0.4 is 0 Å². The lowest BCUT2D eigenvalue weighted by atomic mass is 9.87. The van der Waals surface area contributed by atoms with Crippen LogP contribution in [0.15, 0.2) is 97.1 Å². The smallest absolute Gasteiger partial charge is 0.0901 e. The van der Waals surface area contributed by atoms with Gasteiger partial charge in [-0.1, -0.05) is 114 Å². The van der Waals surface area contributed by atoms with Crippen molar-refractivity contribution in [1.82, 2.24) is 19.9 Å². The number of rotatable bonds is 15. The Kier molecular flexibility index (Phi) is 10.3. The maximum atomic E-state index is 5.04. The second-order valence-corrected chi connectivity index (χ2v) is 14.9. The fourth-order valence-corrected chi connectivity index (χ4v) is 8.04. The van der Waals surface area contributed by atoms with Gasteiger partial charge in [-0.15, -0.1) is 0 Å². The SMILES string of the molecule is CCCCCCCCc1cc2cc3nc4ccccc4nc3cc2cc1-c1cc2cc3nc4ccccc4nc3cc2cc1CCCCCCCC. The van der Waals surface area contributed by atoms with Gasteiger partial charge in [0.05, 0.1) is 44.1 Å². The molecule has 8 rings (SSSR count). The lowest BCUT2D eigenvalue weighted by molar-refractivity contribution is 0.607. The molecule has 0 saturated carbocycles. The highest BCUT2D eigenvalue weighted by Gasteiger charge is 2.16. The van der Waals surface area contributed by atoms with E-state index in [1.807, 2.05) is 24.3 Å². The summed E-state index contributed by atoms with van der Waals surface area (Å²) in [6.07, 6.45) is 17.6. The topological polar surface area (TPSA) is 51.6 Å². The number of hydrogen-bond donors (Lipinski definition) is 0. The van der Waals surface area contributed by atoms with Gasteiger partial charge < -0.3 is 0 Å². The van der Waals surface area contributed by atoms with Gasteiger partial charge in [-0.05, 0) is 130 Å². The van der Waals surface area contributed by atoms with E-state index in [1.54, 1.807) is 0 Å². The van der Waals surface area contributed by atoms with Crippen molar-refractivity contribution >= 4 is 65.7 Å². The zero-order chi connectivity index (χ0) is 35.3. The molecule has 2 heterocycles. The Bertz CT molecular complexity index is 2340. The Morgan fingerprint density at radius 1 is 0.327 bits per heavy atom. The lowest BCUT2D eigenvalue weighted by Gasteiger charge is -2.18. The third-order valence-electron chi connectivity index (χ3n) is 10.9. The zero-order valence-electron chi connectivity index (χ0n) is 30.9. The van der Waals surface area contributed by atoms with Crippen molar-refractivity contribution < 1.29 is 0 Å². The quantitative estimate of drug-likeness (QED) is 0.0798. The minimum Gasteiger partial charge on any atom is -0.244 e. The second kappa shape index (κ2) is 15.7. The molecule has 4 nitrogen and oxygen atoms in total. The van der Waals surface area contributed by atoms with E-state index in [0.717, 1.165) is 57.0 Å². The summed E-state index contributed by atoms with van der Waals surface area (Å²) < 4.78 is 0. The number of hydrogen-bond acceptors (Lipinski definition) is 4. The first-order valence-corrected chi connectivity index (χ1v) is 19.9. The highest BCUT2D eigenvalue weighted by molar-refractivity contribution is 6.03. The van der Waals surface area contributed by atoms with E-state index in [4.69, 9.17) is 19.9 Å². The van der Waals surface area contributed by atoms with Crippen molar-refractivity contribution in [3.8, 4) is 11.1 Å². The molecule has 2 aromatic heterocycles. The highest BCUT2D eigenvalue weighted by Crippen LogP contribution is 2.38. The highest BCUT2D eigenvalue weighted by atomic mass is 14.8. The molecule has 4 heteroatoms. The standard InChI is InChI=1S/C48H50N4/c1-3-5-7-9-11-13-19-33-25-35-29-45-47(51-43-23-17-15-21-41(43)49-45)31-37(35)27-39(33)40-28-38-32-48-46(50-42-22-16-18-24-44(42)52-48)30-36(38)26-34(40)20-14-12-10-8-6-4-2/h15-18,21-32H,3-14,19-20H2,1-2H3. The predicted molar refractivity (Wildman–Crippen MR) is 222 cm³/mol. The first kappa shape index (κ1) is 34.1. The minimum atomic E-state index is 0.938. The van der Waals surface area contributed by atoms with Gasteiger partial charge in [0.1, 0.15) is 0 Å². The number of aryl methyl sites for hydroxylation is 2. The molecule has 0 aliphatic rings. The summed E-state index contributed by atoms with van der Waals surface area (Å²) in [6, 6.07) is 35.2. The first-order chi connectivity index (χ1) is 25.7. The molecular formula is C48H50N4. The molecule has 0 aliphatic carbocycles. The normalized spacial score (nSPS) is 12.0. The van der Waals surface area contributed by atoms with Crippen molar-refractivity contribution in [2.45, 2.75) is 104 Å². The summed E-state index contributed by atoms with van der Waals surface area (Å²) in [4.78, 5) is 20.1. The van der Waals surface area contributed by atoms with Gasteiger partial charge in [0.2, 0.25) is 0 Å². The predicted octanol–water partition coefficient (Wildman–Crippen LogP) is 13.7. The van der Waals surface area contributed by atoms with Crippen LogP contribution in [-0.2, 0) is 12.8 Å². The van der Waals surface area contributed by atoms with Gasteiger partial charge >= 0.3 is 0 Å².